The van der Waals surface area contributed by atoms with Gasteiger partial charge < -0.3 is 9.32 Å². The zero-order valence-electron chi connectivity index (χ0n) is 19.2. The van der Waals surface area contributed by atoms with Gasteiger partial charge in [0.05, 0.1) is 0 Å². The van der Waals surface area contributed by atoms with Crippen LogP contribution in [-0.2, 0) is 20.2 Å². The van der Waals surface area contributed by atoms with Crippen LogP contribution in [0.2, 0.25) is 0 Å². The second-order valence-corrected chi connectivity index (χ2v) is 13.1. The summed E-state index contributed by atoms with van der Waals surface area (Å²) in [6.07, 6.45) is 4.98. The maximum absolute atomic E-state index is 13.0. The van der Waals surface area contributed by atoms with Gasteiger partial charge in [-0.2, -0.15) is 17.0 Å². The summed E-state index contributed by atoms with van der Waals surface area (Å²) >= 11 is 0. The fourth-order valence-electron chi connectivity index (χ4n) is 4.13. The molecule has 1 aromatic rings. The van der Waals surface area contributed by atoms with Crippen LogP contribution in [0.3, 0.4) is 0 Å². The minimum absolute atomic E-state index is 0.0265. The van der Waals surface area contributed by atoms with Crippen LogP contribution in [0.25, 0.3) is 0 Å². The maximum atomic E-state index is 13.0. The molecule has 1 saturated carbocycles. The van der Waals surface area contributed by atoms with E-state index in [1.54, 1.807) is 27.8 Å². The zero-order valence-corrected chi connectivity index (χ0v) is 20.8. The van der Waals surface area contributed by atoms with Crippen LogP contribution in [0.1, 0.15) is 63.4 Å². The molecule has 2 aliphatic rings. The topological polar surface area (TPSA) is 120 Å². The van der Waals surface area contributed by atoms with E-state index in [1.807, 2.05) is 0 Å². The summed E-state index contributed by atoms with van der Waals surface area (Å²) in [5.74, 6) is -0.546. The molecule has 1 aliphatic heterocycles. The Balaban J connectivity index is 1.62. The van der Waals surface area contributed by atoms with E-state index in [1.165, 1.54) is 25.6 Å². The van der Waals surface area contributed by atoms with E-state index < -0.39 is 31.7 Å². The Morgan fingerprint density at radius 1 is 1.03 bits per heavy atom. The number of hydrogen-bond acceptors (Lipinski definition) is 6. The van der Waals surface area contributed by atoms with Crippen molar-refractivity contribution in [1.82, 2.24) is 18.2 Å². The maximum Gasteiger partial charge on any atom is 0.289 e. The third kappa shape index (κ3) is 5.71. The fraction of sp³-hybridized carbons (Fsp3) is 0.750. The third-order valence-electron chi connectivity index (χ3n) is 5.80. The molecule has 182 valence electrons. The smallest absolute Gasteiger partial charge is 0.289 e. The van der Waals surface area contributed by atoms with E-state index in [2.05, 4.69) is 4.72 Å². The standard InChI is InChI=1S/C20H34N4O6S2/c1-20(2,3)21-31(26,27)18-11-10-17(30-18)19(25)23-12-14-24(15-13-23)32(28,29)22(4)16-8-6-5-7-9-16/h10-11,16,21H,5-9,12-15H2,1-4H3. The van der Waals surface area contributed by atoms with Crippen molar-refractivity contribution in [2.24, 2.45) is 0 Å². The first-order chi connectivity index (χ1) is 14.8. The predicted molar refractivity (Wildman–Crippen MR) is 120 cm³/mol. The highest BCUT2D eigenvalue weighted by atomic mass is 32.2. The van der Waals surface area contributed by atoms with Crippen molar-refractivity contribution in [2.45, 2.75) is 69.5 Å². The van der Waals surface area contributed by atoms with Gasteiger partial charge in [0, 0.05) is 44.8 Å². The molecule has 0 aromatic carbocycles. The highest BCUT2D eigenvalue weighted by molar-refractivity contribution is 7.89. The molecule has 10 nitrogen and oxygen atoms in total. The number of carbonyl (C=O) groups is 1. The average Bonchev–Trinajstić information content (AvgIpc) is 3.23. The molecule has 3 rings (SSSR count). The fourth-order valence-corrected chi connectivity index (χ4v) is 7.06. The van der Waals surface area contributed by atoms with Crippen molar-refractivity contribution in [1.29, 1.82) is 0 Å². The van der Waals surface area contributed by atoms with Gasteiger partial charge in [0.1, 0.15) is 0 Å². The minimum atomic E-state index is -3.89. The molecule has 0 unspecified atom stereocenters. The van der Waals surface area contributed by atoms with Crippen LogP contribution < -0.4 is 4.72 Å². The number of sulfonamides is 1. The lowest BCUT2D eigenvalue weighted by Crippen LogP contribution is -2.55. The van der Waals surface area contributed by atoms with Gasteiger partial charge >= 0.3 is 0 Å². The Morgan fingerprint density at radius 3 is 2.19 bits per heavy atom. The monoisotopic (exact) mass is 490 g/mol. The first-order valence-electron chi connectivity index (χ1n) is 11.0. The Morgan fingerprint density at radius 2 is 1.62 bits per heavy atom. The molecule has 1 N–H and O–H groups in total. The molecule has 2 heterocycles. The molecule has 12 heteroatoms. The van der Waals surface area contributed by atoms with Gasteiger partial charge in [-0.3, -0.25) is 4.79 Å². The number of piperazine rings is 1. The molecule has 0 bridgehead atoms. The van der Waals surface area contributed by atoms with E-state index in [0.717, 1.165) is 32.1 Å². The quantitative estimate of drug-likeness (QED) is 0.647. The van der Waals surface area contributed by atoms with Crippen molar-refractivity contribution in [3.8, 4) is 0 Å². The number of carbonyl (C=O) groups excluding carboxylic acids is 1. The molecular formula is C20H34N4O6S2. The largest absolute Gasteiger partial charge is 0.438 e. The molecule has 1 saturated heterocycles. The van der Waals surface area contributed by atoms with Gasteiger partial charge in [-0.25, -0.2) is 13.1 Å². The lowest BCUT2D eigenvalue weighted by molar-refractivity contribution is 0.0655. The Hall–Kier alpha value is -1.47. The molecule has 32 heavy (non-hydrogen) atoms. The number of hydrogen-bond donors (Lipinski definition) is 1. The van der Waals surface area contributed by atoms with Gasteiger partial charge in [-0.1, -0.05) is 19.3 Å². The second kappa shape index (κ2) is 9.41. The lowest BCUT2D eigenvalue weighted by atomic mass is 9.96. The first-order valence-corrected chi connectivity index (χ1v) is 13.9. The Labute approximate surface area is 191 Å². The lowest BCUT2D eigenvalue weighted by Gasteiger charge is -2.38. The number of rotatable bonds is 6. The van der Waals surface area contributed by atoms with Crippen LogP contribution in [0.4, 0.5) is 0 Å². The summed E-state index contributed by atoms with van der Waals surface area (Å²) in [5.41, 5.74) is -0.692. The molecule has 1 aliphatic carbocycles. The number of furan rings is 1. The number of nitrogens with zero attached hydrogens (tertiary/aromatic N) is 3. The number of nitrogens with one attached hydrogen (secondary N) is 1. The van der Waals surface area contributed by atoms with Gasteiger partial charge in [0.2, 0.25) is 5.09 Å². The molecule has 0 radical (unpaired) electrons. The van der Waals surface area contributed by atoms with Crippen molar-refractivity contribution < 1.29 is 26.0 Å². The van der Waals surface area contributed by atoms with Crippen molar-refractivity contribution in [2.75, 3.05) is 33.2 Å². The molecule has 1 aromatic heterocycles. The van der Waals surface area contributed by atoms with Gasteiger partial charge in [0.15, 0.2) is 5.76 Å². The van der Waals surface area contributed by atoms with E-state index in [-0.39, 0.29) is 43.1 Å². The summed E-state index contributed by atoms with van der Waals surface area (Å²) in [6, 6.07) is 2.61. The highest BCUT2D eigenvalue weighted by Crippen LogP contribution is 2.25. The van der Waals surface area contributed by atoms with Crippen LogP contribution in [-0.4, -0.2) is 81.1 Å². The highest BCUT2D eigenvalue weighted by Gasteiger charge is 2.36. The average molecular weight is 491 g/mol. The van der Waals surface area contributed by atoms with Crippen LogP contribution in [0.5, 0.6) is 0 Å². The normalized spacial score (nSPS) is 20.1. The second-order valence-electron chi connectivity index (χ2n) is 9.48. The summed E-state index contributed by atoms with van der Waals surface area (Å²) < 4.78 is 61.5. The van der Waals surface area contributed by atoms with Crippen LogP contribution in [0, 0.1) is 0 Å². The van der Waals surface area contributed by atoms with Crippen LogP contribution >= 0.6 is 0 Å². The van der Waals surface area contributed by atoms with E-state index in [4.69, 9.17) is 4.42 Å². The summed E-state index contributed by atoms with van der Waals surface area (Å²) in [5, 5.41) is -0.328. The summed E-state index contributed by atoms with van der Waals surface area (Å²) in [7, 11) is -5.84. The zero-order chi connectivity index (χ0) is 23.7. The summed E-state index contributed by atoms with van der Waals surface area (Å²) in [4.78, 5) is 14.3. The SMILES string of the molecule is CN(C1CCCCC1)S(=O)(=O)N1CCN(C(=O)c2ccc(S(=O)(=O)NC(C)(C)C)o2)CC1. The molecule has 0 spiro atoms. The molecule has 1 amide bonds. The first kappa shape index (κ1) is 25.2. The van der Waals surface area contributed by atoms with Crippen molar-refractivity contribution in [3.63, 3.8) is 0 Å². The van der Waals surface area contributed by atoms with E-state index in [9.17, 15) is 21.6 Å². The van der Waals surface area contributed by atoms with Crippen LogP contribution in [0.15, 0.2) is 21.6 Å². The van der Waals surface area contributed by atoms with Gasteiger partial charge in [-0.15, -0.1) is 0 Å². The molecule has 0 atom stereocenters. The molecular weight excluding hydrogens is 456 g/mol. The van der Waals surface area contributed by atoms with Gasteiger partial charge in [-0.05, 0) is 45.7 Å². The third-order valence-corrected chi connectivity index (χ3v) is 9.48. The minimum Gasteiger partial charge on any atom is -0.438 e. The van der Waals surface area contributed by atoms with E-state index >= 15 is 0 Å². The van der Waals surface area contributed by atoms with Gasteiger partial charge in [0.25, 0.3) is 26.1 Å². The summed E-state index contributed by atoms with van der Waals surface area (Å²) in [6.45, 7) is 5.90. The number of amides is 1. The van der Waals surface area contributed by atoms with Crippen molar-refractivity contribution >= 4 is 26.1 Å². The van der Waals surface area contributed by atoms with Crippen molar-refractivity contribution in [3.05, 3.63) is 17.9 Å². The predicted octanol–water partition coefficient (Wildman–Crippen LogP) is 1.62. The van der Waals surface area contributed by atoms with E-state index in [0.29, 0.717) is 0 Å². The molecule has 2 fully saturated rings. The Bertz CT molecular complexity index is 1010. The Kier molecular flexibility index (Phi) is 7.40.